The number of rotatable bonds is 5. The average Bonchev–Trinajstić information content (AvgIpc) is 3.41. The summed E-state index contributed by atoms with van der Waals surface area (Å²) < 4.78 is 5.54. The first-order chi connectivity index (χ1) is 12.7. The number of amides is 1. The molecule has 0 N–H and O–H groups in total. The van der Waals surface area contributed by atoms with E-state index in [4.69, 9.17) is 4.52 Å². The summed E-state index contributed by atoms with van der Waals surface area (Å²) in [5, 5.41) is 4.13. The fraction of sp³-hybridized carbons (Fsp3) is 0.571. The standard InChI is InChI=1S/C21H27N3O2/c1-15-13-24(19(25)12-11-16-7-5-6-8-16)14-18(15)21-22-20(23-26-21)17-9-3-2-4-10-17/h2-4,9-10,15-16,18H,5-8,11-14H2,1H3/t15-,18-/m0/s1. The molecule has 2 fully saturated rings. The van der Waals surface area contributed by atoms with E-state index >= 15 is 0 Å². The van der Waals surface area contributed by atoms with Crippen molar-refractivity contribution in [1.82, 2.24) is 15.0 Å². The van der Waals surface area contributed by atoms with Crippen LogP contribution in [0.5, 0.6) is 0 Å². The minimum Gasteiger partial charge on any atom is -0.342 e. The molecular weight excluding hydrogens is 326 g/mol. The van der Waals surface area contributed by atoms with Gasteiger partial charge >= 0.3 is 0 Å². The molecule has 26 heavy (non-hydrogen) atoms. The Morgan fingerprint density at radius 3 is 2.73 bits per heavy atom. The maximum atomic E-state index is 12.6. The molecule has 1 aromatic heterocycles. The van der Waals surface area contributed by atoms with Gasteiger partial charge in [-0.25, -0.2) is 0 Å². The predicted octanol–water partition coefficient (Wildman–Crippen LogP) is 4.27. The lowest BCUT2D eigenvalue weighted by molar-refractivity contribution is -0.130. The predicted molar refractivity (Wildman–Crippen MR) is 99.4 cm³/mol. The molecule has 1 saturated carbocycles. The van der Waals surface area contributed by atoms with Crippen LogP contribution in [0.4, 0.5) is 0 Å². The van der Waals surface area contributed by atoms with Gasteiger partial charge in [-0.05, 0) is 18.3 Å². The Kier molecular flexibility index (Phi) is 5.05. The zero-order chi connectivity index (χ0) is 17.9. The normalized spacial score (nSPS) is 23.7. The highest BCUT2D eigenvalue weighted by Crippen LogP contribution is 2.34. The molecule has 5 heteroatoms. The van der Waals surface area contributed by atoms with Gasteiger partial charge in [-0.3, -0.25) is 4.79 Å². The highest BCUT2D eigenvalue weighted by molar-refractivity contribution is 5.76. The summed E-state index contributed by atoms with van der Waals surface area (Å²) in [6.45, 7) is 3.65. The zero-order valence-corrected chi connectivity index (χ0v) is 15.4. The molecule has 138 valence electrons. The second-order valence-corrected chi connectivity index (χ2v) is 7.89. The number of likely N-dealkylation sites (tertiary alicyclic amines) is 1. The van der Waals surface area contributed by atoms with E-state index in [0.29, 0.717) is 30.6 Å². The highest BCUT2D eigenvalue weighted by Gasteiger charge is 2.37. The number of hydrogen-bond donors (Lipinski definition) is 0. The third-order valence-corrected chi connectivity index (χ3v) is 6.00. The number of carbonyl (C=O) groups excluding carboxylic acids is 1. The molecule has 1 aliphatic heterocycles. The molecule has 1 aliphatic carbocycles. The van der Waals surface area contributed by atoms with Gasteiger partial charge < -0.3 is 9.42 Å². The third-order valence-electron chi connectivity index (χ3n) is 6.00. The summed E-state index contributed by atoms with van der Waals surface area (Å²) in [6, 6.07) is 9.86. The summed E-state index contributed by atoms with van der Waals surface area (Å²) >= 11 is 0. The van der Waals surface area contributed by atoms with Gasteiger partial charge in [0.05, 0.1) is 5.92 Å². The summed E-state index contributed by atoms with van der Waals surface area (Å²) in [5.41, 5.74) is 0.956. The first-order valence-electron chi connectivity index (χ1n) is 9.87. The van der Waals surface area contributed by atoms with Gasteiger partial charge in [-0.15, -0.1) is 0 Å². The van der Waals surface area contributed by atoms with E-state index in [0.717, 1.165) is 24.4 Å². The number of nitrogens with zero attached hydrogens (tertiary/aromatic N) is 3. The number of benzene rings is 1. The van der Waals surface area contributed by atoms with Crippen LogP contribution >= 0.6 is 0 Å². The van der Waals surface area contributed by atoms with Crippen molar-refractivity contribution in [2.75, 3.05) is 13.1 Å². The van der Waals surface area contributed by atoms with Crippen LogP contribution in [0, 0.1) is 11.8 Å². The molecule has 2 heterocycles. The van der Waals surface area contributed by atoms with Crippen LogP contribution in [-0.4, -0.2) is 34.0 Å². The van der Waals surface area contributed by atoms with Crippen molar-refractivity contribution in [2.45, 2.75) is 51.4 Å². The largest absolute Gasteiger partial charge is 0.342 e. The van der Waals surface area contributed by atoms with Crippen molar-refractivity contribution in [3.63, 3.8) is 0 Å². The monoisotopic (exact) mass is 353 g/mol. The van der Waals surface area contributed by atoms with Gasteiger partial charge in [0.2, 0.25) is 17.6 Å². The Bertz CT molecular complexity index is 737. The molecular formula is C21H27N3O2. The lowest BCUT2D eigenvalue weighted by atomic mass is 9.98. The molecule has 1 amide bonds. The molecule has 0 spiro atoms. The van der Waals surface area contributed by atoms with Gasteiger partial charge in [0.1, 0.15) is 0 Å². The van der Waals surface area contributed by atoms with E-state index in [1.807, 2.05) is 35.2 Å². The fourth-order valence-electron chi connectivity index (χ4n) is 4.37. The van der Waals surface area contributed by atoms with E-state index < -0.39 is 0 Å². The Morgan fingerprint density at radius 1 is 1.19 bits per heavy atom. The van der Waals surface area contributed by atoms with E-state index in [-0.39, 0.29) is 11.8 Å². The van der Waals surface area contributed by atoms with Crippen LogP contribution in [-0.2, 0) is 4.79 Å². The molecule has 1 aromatic carbocycles. The average molecular weight is 353 g/mol. The van der Waals surface area contributed by atoms with Crippen LogP contribution < -0.4 is 0 Å². The Balaban J connectivity index is 1.37. The Labute approximate surface area is 154 Å². The van der Waals surface area contributed by atoms with E-state index in [1.54, 1.807) is 0 Å². The van der Waals surface area contributed by atoms with Gasteiger partial charge in [-0.2, -0.15) is 4.98 Å². The summed E-state index contributed by atoms with van der Waals surface area (Å²) in [4.78, 5) is 19.2. The van der Waals surface area contributed by atoms with Crippen molar-refractivity contribution in [3.8, 4) is 11.4 Å². The molecule has 2 aromatic rings. The van der Waals surface area contributed by atoms with E-state index in [9.17, 15) is 4.79 Å². The minimum absolute atomic E-state index is 0.135. The lowest BCUT2D eigenvalue weighted by Gasteiger charge is -2.17. The molecule has 0 bridgehead atoms. The maximum Gasteiger partial charge on any atom is 0.232 e. The summed E-state index contributed by atoms with van der Waals surface area (Å²) in [5.74, 6) is 2.80. The Hall–Kier alpha value is -2.17. The van der Waals surface area contributed by atoms with Crippen molar-refractivity contribution < 1.29 is 9.32 Å². The molecule has 5 nitrogen and oxygen atoms in total. The van der Waals surface area contributed by atoms with Gasteiger partial charge in [0.15, 0.2) is 0 Å². The first-order valence-corrected chi connectivity index (χ1v) is 9.87. The Morgan fingerprint density at radius 2 is 1.96 bits per heavy atom. The lowest BCUT2D eigenvalue weighted by Crippen LogP contribution is -2.29. The molecule has 4 rings (SSSR count). The van der Waals surface area contributed by atoms with E-state index in [2.05, 4.69) is 17.1 Å². The molecule has 0 radical (unpaired) electrons. The van der Waals surface area contributed by atoms with Crippen molar-refractivity contribution in [3.05, 3.63) is 36.2 Å². The fourth-order valence-corrected chi connectivity index (χ4v) is 4.37. The topological polar surface area (TPSA) is 59.2 Å². The van der Waals surface area contributed by atoms with Crippen LogP contribution in [0.3, 0.4) is 0 Å². The number of carbonyl (C=O) groups is 1. The summed E-state index contributed by atoms with van der Waals surface area (Å²) in [7, 11) is 0. The van der Waals surface area contributed by atoms with Crippen LogP contribution in [0.15, 0.2) is 34.9 Å². The van der Waals surface area contributed by atoms with Crippen molar-refractivity contribution in [2.24, 2.45) is 11.8 Å². The second-order valence-electron chi connectivity index (χ2n) is 7.89. The van der Waals surface area contributed by atoms with Gasteiger partial charge in [0, 0.05) is 25.1 Å². The van der Waals surface area contributed by atoms with Crippen LogP contribution in [0.1, 0.15) is 57.3 Å². The second kappa shape index (κ2) is 7.60. The highest BCUT2D eigenvalue weighted by atomic mass is 16.5. The van der Waals surface area contributed by atoms with Crippen molar-refractivity contribution >= 4 is 5.91 Å². The van der Waals surface area contributed by atoms with Crippen LogP contribution in [0.2, 0.25) is 0 Å². The smallest absolute Gasteiger partial charge is 0.232 e. The molecule has 0 unspecified atom stereocenters. The summed E-state index contributed by atoms with van der Waals surface area (Å²) in [6.07, 6.45) is 7.01. The molecule has 2 atom stereocenters. The van der Waals surface area contributed by atoms with Crippen LogP contribution in [0.25, 0.3) is 11.4 Å². The molecule has 2 aliphatic rings. The number of hydrogen-bond acceptors (Lipinski definition) is 4. The maximum absolute atomic E-state index is 12.6. The quantitative estimate of drug-likeness (QED) is 0.805. The molecule has 1 saturated heterocycles. The third kappa shape index (κ3) is 3.67. The van der Waals surface area contributed by atoms with Gasteiger partial charge in [-0.1, -0.05) is 68.1 Å². The SMILES string of the molecule is C[C@H]1CN(C(=O)CCC2CCCC2)C[C@@H]1c1nc(-c2ccccc2)no1. The number of aromatic nitrogens is 2. The minimum atomic E-state index is 0.135. The van der Waals surface area contributed by atoms with Crippen molar-refractivity contribution in [1.29, 1.82) is 0 Å². The first kappa shape index (κ1) is 17.3. The van der Waals surface area contributed by atoms with Gasteiger partial charge in [0.25, 0.3) is 0 Å². The van der Waals surface area contributed by atoms with E-state index in [1.165, 1.54) is 25.7 Å². The zero-order valence-electron chi connectivity index (χ0n) is 15.4.